The van der Waals surface area contributed by atoms with Crippen LogP contribution < -0.4 is 5.32 Å². The Morgan fingerprint density at radius 2 is 2.30 bits per heavy atom. The molecule has 1 aromatic rings. The molecule has 0 saturated heterocycles. The summed E-state index contributed by atoms with van der Waals surface area (Å²) in [6.45, 7) is 1.96. The zero-order valence-corrected chi connectivity index (χ0v) is 12.3. The molecular weight excluding hydrogens is 274 g/mol. The summed E-state index contributed by atoms with van der Waals surface area (Å²) in [5, 5.41) is 12.6. The highest BCUT2D eigenvalue weighted by molar-refractivity contribution is 7.15. The first kappa shape index (κ1) is 14.5. The van der Waals surface area contributed by atoms with Gasteiger partial charge in [0.1, 0.15) is 6.07 Å². The van der Waals surface area contributed by atoms with Crippen molar-refractivity contribution in [3.63, 3.8) is 0 Å². The van der Waals surface area contributed by atoms with Crippen molar-refractivity contribution in [1.29, 1.82) is 5.26 Å². The van der Waals surface area contributed by atoms with Gasteiger partial charge in [0.15, 0.2) is 10.7 Å². The maximum atomic E-state index is 11.5. The summed E-state index contributed by atoms with van der Waals surface area (Å²) in [6.07, 6.45) is 7.10. The third-order valence-electron chi connectivity index (χ3n) is 3.05. The molecule has 0 atom stereocenters. The molecule has 106 valence electrons. The number of aromatic nitrogens is 1. The number of nitriles is 1. The van der Waals surface area contributed by atoms with Gasteiger partial charge in [-0.2, -0.15) is 5.26 Å². The summed E-state index contributed by atoms with van der Waals surface area (Å²) in [7, 11) is 0. The smallest absolute Gasteiger partial charge is 0.350 e. The lowest BCUT2D eigenvalue weighted by molar-refractivity contribution is -0.138. The Morgan fingerprint density at radius 1 is 1.50 bits per heavy atom. The van der Waals surface area contributed by atoms with Gasteiger partial charge in [-0.05, 0) is 32.6 Å². The predicted octanol–water partition coefficient (Wildman–Crippen LogP) is 2.79. The number of rotatable bonds is 4. The number of carbonyl (C=O) groups excluding carboxylic acids is 1. The van der Waals surface area contributed by atoms with E-state index in [1.807, 2.05) is 6.07 Å². The van der Waals surface area contributed by atoms with E-state index in [9.17, 15) is 4.79 Å². The monoisotopic (exact) mass is 291 g/mol. The summed E-state index contributed by atoms with van der Waals surface area (Å²) in [6, 6.07) is 1.83. The van der Waals surface area contributed by atoms with E-state index in [2.05, 4.69) is 10.3 Å². The molecule has 6 heteroatoms. The van der Waals surface area contributed by atoms with Crippen LogP contribution in [0.5, 0.6) is 0 Å². The van der Waals surface area contributed by atoms with E-state index in [4.69, 9.17) is 10.00 Å². The van der Waals surface area contributed by atoms with E-state index >= 15 is 0 Å². The number of ether oxygens (including phenoxy) is 1. The van der Waals surface area contributed by atoms with E-state index in [0.29, 0.717) is 0 Å². The molecule has 0 unspecified atom stereocenters. The third kappa shape index (κ3) is 3.58. The van der Waals surface area contributed by atoms with Crippen LogP contribution in [0.1, 0.15) is 36.8 Å². The van der Waals surface area contributed by atoms with E-state index < -0.39 is 5.97 Å². The topological polar surface area (TPSA) is 75.0 Å². The van der Waals surface area contributed by atoms with Crippen molar-refractivity contribution in [2.75, 3.05) is 11.9 Å². The number of fused-ring (bicyclic) bond motifs is 1. The Labute approximate surface area is 122 Å². The quantitative estimate of drug-likeness (QED) is 0.399. The second-order valence-electron chi connectivity index (χ2n) is 4.48. The fourth-order valence-corrected chi connectivity index (χ4v) is 3.09. The van der Waals surface area contributed by atoms with Crippen LogP contribution in [0.15, 0.2) is 11.8 Å². The zero-order valence-electron chi connectivity index (χ0n) is 11.4. The first-order chi connectivity index (χ1) is 9.74. The van der Waals surface area contributed by atoms with Crippen LogP contribution in [0.2, 0.25) is 0 Å². The predicted molar refractivity (Wildman–Crippen MR) is 77.3 cm³/mol. The van der Waals surface area contributed by atoms with E-state index in [1.165, 1.54) is 30.3 Å². The standard InChI is InChI=1S/C14H17N3O2S/c1-2-19-13(18)10(8-15)9-16-14-17-11-6-4-3-5-7-12(11)20-14/h9H,2-7H2,1H3,(H,16,17)/b10-9+. The molecule has 20 heavy (non-hydrogen) atoms. The Kier molecular flexibility index (Phi) is 5.13. The fourth-order valence-electron chi connectivity index (χ4n) is 2.07. The summed E-state index contributed by atoms with van der Waals surface area (Å²) in [5.74, 6) is -0.611. The summed E-state index contributed by atoms with van der Waals surface area (Å²) >= 11 is 1.60. The molecular formula is C14H17N3O2S. The van der Waals surface area contributed by atoms with E-state index in [1.54, 1.807) is 18.3 Å². The van der Waals surface area contributed by atoms with Gasteiger partial charge >= 0.3 is 5.97 Å². The van der Waals surface area contributed by atoms with Gasteiger partial charge < -0.3 is 10.1 Å². The Morgan fingerprint density at radius 3 is 3.05 bits per heavy atom. The number of nitrogens with one attached hydrogen (secondary N) is 1. The van der Waals surface area contributed by atoms with Crippen molar-refractivity contribution in [1.82, 2.24) is 4.98 Å². The number of thiazole rings is 1. The van der Waals surface area contributed by atoms with Crippen LogP contribution in [-0.4, -0.2) is 17.6 Å². The molecule has 0 radical (unpaired) electrons. The van der Waals surface area contributed by atoms with Crippen molar-refractivity contribution < 1.29 is 9.53 Å². The second-order valence-corrected chi connectivity index (χ2v) is 5.57. The molecule has 0 amide bonds. The van der Waals surface area contributed by atoms with Gasteiger partial charge in [0.25, 0.3) is 0 Å². The first-order valence-electron chi connectivity index (χ1n) is 6.77. The molecule has 1 heterocycles. The Balaban J connectivity index is 2.06. The molecule has 0 fully saturated rings. The molecule has 0 aromatic carbocycles. The molecule has 0 spiro atoms. The molecule has 1 aliphatic rings. The van der Waals surface area contributed by atoms with E-state index in [0.717, 1.165) is 23.7 Å². The maximum Gasteiger partial charge on any atom is 0.350 e. The molecule has 1 aromatic heterocycles. The Hall–Kier alpha value is -1.87. The lowest BCUT2D eigenvalue weighted by Crippen LogP contribution is -2.07. The minimum absolute atomic E-state index is 0.0442. The van der Waals surface area contributed by atoms with Gasteiger partial charge in [0.05, 0.1) is 12.3 Å². The average molecular weight is 291 g/mol. The van der Waals surface area contributed by atoms with Crippen LogP contribution in [-0.2, 0) is 22.4 Å². The van der Waals surface area contributed by atoms with Gasteiger partial charge in [-0.1, -0.05) is 6.42 Å². The minimum atomic E-state index is -0.611. The number of anilines is 1. The van der Waals surface area contributed by atoms with Crippen molar-refractivity contribution in [3.05, 3.63) is 22.3 Å². The molecule has 1 N–H and O–H groups in total. The molecule has 5 nitrogen and oxygen atoms in total. The van der Waals surface area contributed by atoms with Crippen molar-refractivity contribution in [3.8, 4) is 6.07 Å². The second kappa shape index (κ2) is 7.06. The van der Waals surface area contributed by atoms with Crippen molar-refractivity contribution in [2.45, 2.75) is 39.0 Å². The van der Waals surface area contributed by atoms with Gasteiger partial charge in [-0.25, -0.2) is 9.78 Å². The molecule has 2 rings (SSSR count). The summed E-state index contributed by atoms with van der Waals surface area (Å²) in [5.41, 5.74) is 1.11. The van der Waals surface area contributed by atoms with Crippen LogP contribution in [0.25, 0.3) is 0 Å². The lowest BCUT2D eigenvalue weighted by Gasteiger charge is -1.99. The SMILES string of the molecule is CCOC(=O)/C(C#N)=C/Nc1nc2c(s1)CCCCC2. The average Bonchev–Trinajstić information content (AvgIpc) is 2.69. The highest BCUT2D eigenvalue weighted by Gasteiger charge is 2.14. The molecule has 0 aliphatic heterocycles. The minimum Gasteiger partial charge on any atom is -0.462 e. The Bertz CT molecular complexity index is 534. The van der Waals surface area contributed by atoms with Gasteiger partial charge in [0.2, 0.25) is 0 Å². The summed E-state index contributed by atoms with van der Waals surface area (Å²) in [4.78, 5) is 17.3. The largest absolute Gasteiger partial charge is 0.462 e. The maximum absolute atomic E-state index is 11.5. The van der Waals surface area contributed by atoms with Crippen molar-refractivity contribution in [2.24, 2.45) is 0 Å². The highest BCUT2D eigenvalue weighted by Crippen LogP contribution is 2.28. The van der Waals surface area contributed by atoms with E-state index in [-0.39, 0.29) is 12.2 Å². The molecule has 1 aliphatic carbocycles. The highest BCUT2D eigenvalue weighted by atomic mass is 32.1. The van der Waals surface area contributed by atoms with Crippen LogP contribution in [0, 0.1) is 11.3 Å². The normalized spacial score (nSPS) is 14.9. The van der Waals surface area contributed by atoms with Gasteiger partial charge in [-0.3, -0.25) is 0 Å². The number of hydrogen-bond donors (Lipinski definition) is 1. The fraction of sp³-hybridized carbons (Fsp3) is 0.500. The molecule has 0 saturated carbocycles. The van der Waals surface area contributed by atoms with Crippen LogP contribution in [0.4, 0.5) is 5.13 Å². The number of nitrogens with zero attached hydrogens (tertiary/aromatic N) is 2. The van der Waals surface area contributed by atoms with Gasteiger partial charge in [0, 0.05) is 11.1 Å². The van der Waals surface area contributed by atoms with Gasteiger partial charge in [-0.15, -0.1) is 11.3 Å². The number of aryl methyl sites for hydroxylation is 2. The van der Waals surface area contributed by atoms with Crippen LogP contribution in [0.3, 0.4) is 0 Å². The number of carbonyl (C=O) groups is 1. The summed E-state index contributed by atoms with van der Waals surface area (Å²) < 4.78 is 4.79. The third-order valence-corrected chi connectivity index (χ3v) is 4.14. The number of hydrogen-bond acceptors (Lipinski definition) is 6. The lowest BCUT2D eigenvalue weighted by atomic mass is 10.2. The zero-order chi connectivity index (χ0) is 14.4. The van der Waals surface area contributed by atoms with Crippen molar-refractivity contribution >= 4 is 22.4 Å². The molecule has 0 bridgehead atoms. The first-order valence-corrected chi connectivity index (χ1v) is 7.58. The van der Waals surface area contributed by atoms with Crippen LogP contribution >= 0.6 is 11.3 Å². The number of esters is 1.